The molecule has 0 saturated heterocycles. The van der Waals surface area contributed by atoms with Crippen LogP contribution in [0.1, 0.15) is 11.1 Å². The SMILES string of the molecule is NCC#Cc1ccc(CSc2ncn[nH]2)cc1. The maximum Gasteiger partial charge on any atom is 0.183 e. The average Bonchev–Trinajstić information content (AvgIpc) is 2.88. The number of aromatic amines is 1. The van der Waals surface area contributed by atoms with Crippen molar-refractivity contribution in [2.75, 3.05) is 6.54 Å². The molecule has 0 aliphatic heterocycles. The molecule has 2 rings (SSSR count). The molecule has 0 aliphatic carbocycles. The molecule has 0 atom stereocenters. The highest BCUT2D eigenvalue weighted by Gasteiger charge is 1.98. The van der Waals surface area contributed by atoms with Crippen molar-refractivity contribution in [3.05, 3.63) is 41.7 Å². The summed E-state index contributed by atoms with van der Waals surface area (Å²) in [5, 5.41) is 7.44. The minimum Gasteiger partial charge on any atom is -0.320 e. The zero-order valence-electron chi connectivity index (χ0n) is 9.18. The Morgan fingerprint density at radius 1 is 1.29 bits per heavy atom. The number of rotatable bonds is 3. The summed E-state index contributed by atoms with van der Waals surface area (Å²) in [6.07, 6.45) is 1.51. The third kappa shape index (κ3) is 3.63. The molecule has 2 aromatic rings. The van der Waals surface area contributed by atoms with Crippen molar-refractivity contribution < 1.29 is 0 Å². The fourth-order valence-electron chi connectivity index (χ4n) is 1.25. The van der Waals surface area contributed by atoms with Crippen LogP contribution < -0.4 is 5.73 Å². The van der Waals surface area contributed by atoms with Crippen LogP contribution in [0.4, 0.5) is 0 Å². The molecule has 5 heteroatoms. The Morgan fingerprint density at radius 2 is 2.12 bits per heavy atom. The van der Waals surface area contributed by atoms with Gasteiger partial charge in [-0.25, -0.2) is 4.98 Å². The molecule has 0 aliphatic rings. The van der Waals surface area contributed by atoms with E-state index in [4.69, 9.17) is 5.73 Å². The molecule has 3 N–H and O–H groups in total. The van der Waals surface area contributed by atoms with Gasteiger partial charge in [-0.15, -0.1) is 0 Å². The van der Waals surface area contributed by atoms with Gasteiger partial charge < -0.3 is 5.73 Å². The Hall–Kier alpha value is -1.77. The molecule has 0 unspecified atom stereocenters. The highest BCUT2D eigenvalue weighted by molar-refractivity contribution is 7.98. The minimum absolute atomic E-state index is 0.392. The maximum absolute atomic E-state index is 5.31. The second-order valence-corrected chi connectivity index (χ2v) is 4.25. The van der Waals surface area contributed by atoms with Crippen molar-refractivity contribution >= 4 is 11.8 Å². The van der Waals surface area contributed by atoms with E-state index in [0.29, 0.717) is 6.54 Å². The van der Waals surface area contributed by atoms with Gasteiger partial charge in [-0.05, 0) is 17.7 Å². The first-order valence-corrected chi connectivity index (χ1v) is 6.13. The average molecular weight is 244 g/mol. The molecule has 1 aromatic heterocycles. The van der Waals surface area contributed by atoms with Crippen LogP contribution in [0.15, 0.2) is 35.7 Å². The summed E-state index contributed by atoms with van der Waals surface area (Å²) in [5.41, 5.74) is 7.53. The van der Waals surface area contributed by atoms with Gasteiger partial charge in [0.15, 0.2) is 5.16 Å². The summed E-state index contributed by atoms with van der Waals surface area (Å²) in [5.74, 6) is 6.68. The number of nitrogens with two attached hydrogens (primary N) is 1. The second-order valence-electron chi connectivity index (χ2n) is 3.28. The lowest BCUT2D eigenvalue weighted by atomic mass is 10.1. The molecule has 0 fully saturated rings. The summed E-state index contributed by atoms with van der Waals surface area (Å²) in [6, 6.07) is 8.12. The van der Waals surface area contributed by atoms with E-state index in [1.54, 1.807) is 11.8 Å². The molecule has 4 nitrogen and oxygen atoms in total. The number of thioether (sulfide) groups is 1. The van der Waals surface area contributed by atoms with E-state index in [2.05, 4.69) is 39.2 Å². The number of nitrogens with one attached hydrogen (secondary N) is 1. The quantitative estimate of drug-likeness (QED) is 0.632. The van der Waals surface area contributed by atoms with Crippen LogP contribution in [-0.4, -0.2) is 21.7 Å². The summed E-state index contributed by atoms with van der Waals surface area (Å²) < 4.78 is 0. The number of hydrogen-bond acceptors (Lipinski definition) is 4. The largest absolute Gasteiger partial charge is 0.320 e. The molecule has 1 heterocycles. The first-order chi connectivity index (χ1) is 8.38. The predicted molar refractivity (Wildman–Crippen MR) is 68.3 cm³/mol. The van der Waals surface area contributed by atoms with E-state index in [0.717, 1.165) is 16.5 Å². The fourth-order valence-corrected chi connectivity index (χ4v) is 1.99. The predicted octanol–water partition coefficient (Wildman–Crippen LogP) is 1.41. The molecule has 17 heavy (non-hydrogen) atoms. The van der Waals surface area contributed by atoms with E-state index in [9.17, 15) is 0 Å². The van der Waals surface area contributed by atoms with Crippen molar-refractivity contribution in [2.45, 2.75) is 10.9 Å². The van der Waals surface area contributed by atoms with Crippen molar-refractivity contribution in [2.24, 2.45) is 5.73 Å². The molecule has 0 amide bonds. The van der Waals surface area contributed by atoms with Gasteiger partial charge in [0.05, 0.1) is 6.54 Å². The lowest BCUT2D eigenvalue weighted by Crippen LogP contribution is -1.93. The highest BCUT2D eigenvalue weighted by Crippen LogP contribution is 2.18. The Labute approximate surface area is 104 Å². The zero-order valence-corrected chi connectivity index (χ0v) is 10.00. The normalized spacial score (nSPS) is 9.71. The number of aromatic nitrogens is 3. The number of nitrogens with zero attached hydrogens (tertiary/aromatic N) is 2. The molecule has 0 spiro atoms. The van der Waals surface area contributed by atoms with Crippen molar-refractivity contribution in [3.63, 3.8) is 0 Å². The topological polar surface area (TPSA) is 67.6 Å². The first kappa shape index (κ1) is 11.7. The van der Waals surface area contributed by atoms with Crippen LogP contribution in [0.5, 0.6) is 0 Å². The van der Waals surface area contributed by atoms with Crippen LogP contribution in [-0.2, 0) is 5.75 Å². The maximum atomic E-state index is 5.31. The van der Waals surface area contributed by atoms with Gasteiger partial charge in [0.1, 0.15) is 6.33 Å². The van der Waals surface area contributed by atoms with Crippen molar-refractivity contribution in [3.8, 4) is 11.8 Å². The third-order valence-corrected chi connectivity index (χ3v) is 3.00. The van der Waals surface area contributed by atoms with Gasteiger partial charge >= 0.3 is 0 Å². The molecular formula is C12H12N4S. The molecule has 1 aromatic carbocycles. The standard InChI is InChI=1S/C12H12N4S/c13-7-1-2-10-3-5-11(6-4-10)8-17-12-14-9-15-16-12/h3-6,9H,7-8,13H2,(H,14,15,16). The van der Waals surface area contributed by atoms with Crippen molar-refractivity contribution in [1.29, 1.82) is 0 Å². The molecular weight excluding hydrogens is 232 g/mol. The lowest BCUT2D eigenvalue weighted by Gasteiger charge is -1.99. The molecule has 0 bridgehead atoms. The van der Waals surface area contributed by atoms with E-state index < -0.39 is 0 Å². The summed E-state index contributed by atoms with van der Waals surface area (Å²) in [6.45, 7) is 0.392. The minimum atomic E-state index is 0.392. The van der Waals surface area contributed by atoms with Crippen LogP contribution >= 0.6 is 11.8 Å². The van der Waals surface area contributed by atoms with Gasteiger partial charge in [-0.1, -0.05) is 35.7 Å². The van der Waals surface area contributed by atoms with Crippen LogP contribution in [0.2, 0.25) is 0 Å². The Kier molecular flexibility index (Phi) is 4.19. The zero-order chi connectivity index (χ0) is 11.9. The van der Waals surface area contributed by atoms with E-state index in [1.807, 2.05) is 12.1 Å². The Balaban J connectivity index is 1.94. The van der Waals surface area contributed by atoms with Gasteiger partial charge in [0.2, 0.25) is 0 Å². The van der Waals surface area contributed by atoms with E-state index >= 15 is 0 Å². The van der Waals surface area contributed by atoms with Crippen molar-refractivity contribution in [1.82, 2.24) is 15.2 Å². The summed E-state index contributed by atoms with van der Waals surface area (Å²) in [7, 11) is 0. The number of benzene rings is 1. The highest BCUT2D eigenvalue weighted by atomic mass is 32.2. The van der Waals surface area contributed by atoms with E-state index in [-0.39, 0.29) is 0 Å². The third-order valence-electron chi connectivity index (χ3n) is 2.06. The smallest absolute Gasteiger partial charge is 0.183 e. The Bertz CT molecular complexity index is 508. The first-order valence-electron chi connectivity index (χ1n) is 5.14. The van der Waals surface area contributed by atoms with Crippen LogP contribution in [0.3, 0.4) is 0 Å². The number of hydrogen-bond donors (Lipinski definition) is 2. The van der Waals surface area contributed by atoms with Crippen LogP contribution in [0, 0.1) is 11.8 Å². The molecule has 0 radical (unpaired) electrons. The molecule has 0 saturated carbocycles. The Morgan fingerprint density at radius 3 is 2.76 bits per heavy atom. The lowest BCUT2D eigenvalue weighted by molar-refractivity contribution is 0.973. The summed E-state index contributed by atoms with van der Waals surface area (Å²) in [4.78, 5) is 4.05. The van der Waals surface area contributed by atoms with Gasteiger partial charge in [-0.3, -0.25) is 5.10 Å². The molecule has 86 valence electrons. The van der Waals surface area contributed by atoms with Gasteiger partial charge in [0, 0.05) is 11.3 Å². The van der Waals surface area contributed by atoms with Gasteiger partial charge in [-0.2, -0.15) is 5.10 Å². The summed E-state index contributed by atoms with van der Waals surface area (Å²) >= 11 is 1.62. The van der Waals surface area contributed by atoms with Crippen LogP contribution in [0.25, 0.3) is 0 Å². The second kappa shape index (κ2) is 6.09. The van der Waals surface area contributed by atoms with E-state index in [1.165, 1.54) is 11.9 Å². The fraction of sp³-hybridized carbons (Fsp3) is 0.167. The number of H-pyrrole nitrogens is 1. The van der Waals surface area contributed by atoms with Gasteiger partial charge in [0.25, 0.3) is 0 Å². The monoisotopic (exact) mass is 244 g/mol.